The fourth-order valence-electron chi connectivity index (χ4n) is 4.32. The summed E-state index contributed by atoms with van der Waals surface area (Å²) in [5.74, 6) is -0.635. The third-order valence-corrected chi connectivity index (χ3v) is 6.17. The number of imide groups is 1. The first-order chi connectivity index (χ1) is 14.9. The first-order valence-corrected chi connectivity index (χ1v) is 10.7. The van der Waals surface area contributed by atoms with Crippen molar-refractivity contribution in [2.75, 3.05) is 6.54 Å². The Morgan fingerprint density at radius 3 is 2.45 bits per heavy atom. The van der Waals surface area contributed by atoms with Crippen LogP contribution < -0.4 is 5.32 Å². The van der Waals surface area contributed by atoms with Gasteiger partial charge in [0.1, 0.15) is 5.54 Å². The normalized spacial score (nSPS) is 18.5. The van der Waals surface area contributed by atoms with Crippen LogP contribution in [-0.2, 0) is 23.2 Å². The van der Waals surface area contributed by atoms with Crippen LogP contribution in [0.4, 0.5) is 4.79 Å². The number of amides is 3. The number of aryl methyl sites for hydroxylation is 2. The van der Waals surface area contributed by atoms with Crippen LogP contribution in [0.2, 0.25) is 0 Å². The molecule has 0 unspecified atom stereocenters. The Morgan fingerprint density at radius 2 is 1.71 bits per heavy atom. The smallest absolute Gasteiger partial charge is 0.319 e. The molecule has 1 heterocycles. The monoisotopic (exact) mass is 414 g/mol. The fraction of sp³-hybridized carbons (Fsp3) is 0.269. The summed E-state index contributed by atoms with van der Waals surface area (Å²) >= 11 is 0. The van der Waals surface area contributed by atoms with Gasteiger partial charge in [0.25, 0.3) is 5.91 Å². The quantitative estimate of drug-likeness (QED) is 0.473. The third-order valence-electron chi connectivity index (χ3n) is 6.17. The predicted octanol–water partition coefficient (Wildman–Crippen LogP) is 4.61. The Kier molecular flexibility index (Phi) is 5.36. The molecule has 0 spiro atoms. The third kappa shape index (κ3) is 3.50. The van der Waals surface area contributed by atoms with Gasteiger partial charge >= 0.3 is 6.03 Å². The topological polar surface area (TPSA) is 66.5 Å². The zero-order chi connectivity index (χ0) is 22.2. The second-order valence-electron chi connectivity index (χ2n) is 8.09. The predicted molar refractivity (Wildman–Crippen MR) is 121 cm³/mol. The highest BCUT2D eigenvalue weighted by Gasteiger charge is 2.50. The molecule has 5 heteroatoms. The van der Waals surface area contributed by atoms with Crippen LogP contribution >= 0.6 is 0 Å². The van der Waals surface area contributed by atoms with E-state index in [1.807, 2.05) is 74.5 Å². The summed E-state index contributed by atoms with van der Waals surface area (Å²) in [7, 11) is 0. The molecule has 1 aliphatic rings. The number of fused-ring (bicyclic) bond motifs is 1. The molecule has 0 saturated carbocycles. The molecule has 3 aromatic carbocycles. The summed E-state index contributed by atoms with van der Waals surface area (Å²) in [5, 5.41) is 4.72. The Bertz CT molecular complexity index is 1190. The number of nitrogens with one attached hydrogen (secondary N) is 1. The van der Waals surface area contributed by atoms with Crippen LogP contribution in [0.25, 0.3) is 10.8 Å². The van der Waals surface area contributed by atoms with Crippen LogP contribution in [-0.4, -0.2) is 29.2 Å². The van der Waals surface area contributed by atoms with E-state index in [0.29, 0.717) is 12.0 Å². The van der Waals surface area contributed by atoms with Crippen LogP contribution in [0.5, 0.6) is 0 Å². The highest BCUT2D eigenvalue weighted by atomic mass is 16.2. The molecule has 1 atom stereocenters. The number of ketones is 1. The van der Waals surface area contributed by atoms with Crippen molar-refractivity contribution in [1.29, 1.82) is 0 Å². The summed E-state index contributed by atoms with van der Waals surface area (Å²) in [5.41, 5.74) is 2.06. The SMILES string of the molecule is CCc1ccc(CC)c(C(=O)CN2C(=O)N[C@](C)(c3cccc4ccccc34)C2=O)c1. The molecule has 1 fully saturated rings. The highest BCUT2D eigenvalue weighted by molar-refractivity contribution is 6.12. The first-order valence-electron chi connectivity index (χ1n) is 10.7. The average Bonchev–Trinajstić information content (AvgIpc) is 3.01. The van der Waals surface area contributed by atoms with E-state index < -0.39 is 17.5 Å². The van der Waals surface area contributed by atoms with Gasteiger partial charge in [-0.3, -0.25) is 14.5 Å². The van der Waals surface area contributed by atoms with Crippen molar-refractivity contribution in [1.82, 2.24) is 10.2 Å². The van der Waals surface area contributed by atoms with Crippen molar-refractivity contribution in [3.05, 3.63) is 82.9 Å². The molecule has 0 aliphatic carbocycles. The van der Waals surface area contributed by atoms with E-state index in [0.717, 1.165) is 38.8 Å². The lowest BCUT2D eigenvalue weighted by atomic mass is 9.87. The number of carbonyl (C=O) groups is 3. The van der Waals surface area contributed by atoms with Gasteiger partial charge in [-0.05, 0) is 53.3 Å². The van der Waals surface area contributed by atoms with Gasteiger partial charge in [-0.25, -0.2) is 4.79 Å². The molecule has 0 aromatic heterocycles. The number of hydrogen-bond acceptors (Lipinski definition) is 3. The van der Waals surface area contributed by atoms with Gasteiger partial charge in [0.2, 0.25) is 0 Å². The molecule has 5 nitrogen and oxygen atoms in total. The standard InChI is InChI=1S/C26H26N2O3/c1-4-17-13-14-18(5-2)21(15-17)23(29)16-28-24(30)26(3,27-25(28)31)22-12-8-10-19-9-6-7-11-20(19)22/h6-15H,4-5,16H2,1-3H3,(H,27,31)/t26-/m1/s1. The van der Waals surface area contributed by atoms with Gasteiger partial charge in [-0.1, -0.05) is 68.4 Å². The van der Waals surface area contributed by atoms with Crippen molar-refractivity contribution >= 4 is 28.5 Å². The molecule has 1 aliphatic heterocycles. The zero-order valence-corrected chi connectivity index (χ0v) is 18.1. The number of benzene rings is 3. The van der Waals surface area contributed by atoms with Crippen molar-refractivity contribution in [3.63, 3.8) is 0 Å². The molecule has 1 N–H and O–H groups in total. The van der Waals surface area contributed by atoms with Crippen molar-refractivity contribution in [3.8, 4) is 0 Å². The van der Waals surface area contributed by atoms with E-state index in [2.05, 4.69) is 5.32 Å². The first kappa shape index (κ1) is 20.8. The van der Waals surface area contributed by atoms with Crippen molar-refractivity contribution < 1.29 is 14.4 Å². The van der Waals surface area contributed by atoms with E-state index in [1.54, 1.807) is 6.92 Å². The molecule has 1 saturated heterocycles. The van der Waals surface area contributed by atoms with E-state index in [1.165, 1.54) is 0 Å². The average molecular weight is 415 g/mol. The maximum Gasteiger partial charge on any atom is 0.325 e. The summed E-state index contributed by atoms with van der Waals surface area (Å²) < 4.78 is 0. The number of rotatable bonds is 6. The van der Waals surface area contributed by atoms with E-state index in [-0.39, 0.29) is 12.3 Å². The van der Waals surface area contributed by atoms with E-state index in [4.69, 9.17) is 0 Å². The largest absolute Gasteiger partial charge is 0.325 e. The lowest BCUT2D eigenvalue weighted by molar-refractivity contribution is -0.130. The number of carbonyl (C=O) groups excluding carboxylic acids is 3. The minimum Gasteiger partial charge on any atom is -0.319 e. The summed E-state index contributed by atoms with van der Waals surface area (Å²) in [4.78, 5) is 40.4. The molecule has 4 rings (SSSR count). The van der Waals surface area contributed by atoms with Crippen LogP contribution in [0, 0.1) is 0 Å². The van der Waals surface area contributed by atoms with Crippen LogP contribution in [0.1, 0.15) is 47.8 Å². The lowest BCUT2D eigenvalue weighted by Gasteiger charge is -2.24. The second-order valence-corrected chi connectivity index (χ2v) is 8.09. The summed E-state index contributed by atoms with van der Waals surface area (Å²) in [6.45, 7) is 5.45. The molecule has 0 bridgehead atoms. The van der Waals surface area contributed by atoms with Gasteiger partial charge in [0, 0.05) is 5.56 Å². The van der Waals surface area contributed by atoms with Gasteiger partial charge < -0.3 is 5.32 Å². The van der Waals surface area contributed by atoms with Gasteiger partial charge in [0.05, 0.1) is 6.54 Å². The zero-order valence-electron chi connectivity index (χ0n) is 18.1. The van der Waals surface area contributed by atoms with Gasteiger partial charge in [-0.2, -0.15) is 0 Å². The molecule has 31 heavy (non-hydrogen) atoms. The van der Waals surface area contributed by atoms with E-state index in [9.17, 15) is 14.4 Å². The Hall–Kier alpha value is -3.47. The molecule has 3 amide bonds. The fourth-order valence-corrected chi connectivity index (χ4v) is 4.32. The van der Waals surface area contributed by atoms with E-state index >= 15 is 0 Å². The number of Topliss-reactive ketones (excluding diaryl/α,β-unsaturated/α-hetero) is 1. The minimum absolute atomic E-state index is 0.224. The highest BCUT2D eigenvalue weighted by Crippen LogP contribution is 2.34. The molecular formula is C26H26N2O3. The van der Waals surface area contributed by atoms with Crippen LogP contribution in [0.3, 0.4) is 0 Å². The molecule has 0 radical (unpaired) electrons. The lowest BCUT2D eigenvalue weighted by Crippen LogP contribution is -2.41. The van der Waals surface area contributed by atoms with Gasteiger partial charge in [0.15, 0.2) is 5.78 Å². The van der Waals surface area contributed by atoms with Crippen LogP contribution in [0.15, 0.2) is 60.7 Å². The Labute approximate surface area is 182 Å². The maximum absolute atomic E-state index is 13.4. The van der Waals surface area contributed by atoms with Gasteiger partial charge in [-0.15, -0.1) is 0 Å². The molecule has 158 valence electrons. The maximum atomic E-state index is 13.4. The minimum atomic E-state index is -1.23. The number of urea groups is 1. The molecule has 3 aromatic rings. The van der Waals surface area contributed by atoms with Crippen molar-refractivity contribution in [2.45, 2.75) is 39.2 Å². The second kappa shape index (κ2) is 7.99. The number of hydrogen-bond donors (Lipinski definition) is 1. The summed E-state index contributed by atoms with van der Waals surface area (Å²) in [6, 6.07) is 18.8. The summed E-state index contributed by atoms with van der Waals surface area (Å²) in [6.07, 6.45) is 1.52. The van der Waals surface area contributed by atoms with Crippen molar-refractivity contribution in [2.24, 2.45) is 0 Å². The Balaban J connectivity index is 1.67. The number of nitrogens with zero attached hydrogens (tertiary/aromatic N) is 1. The Morgan fingerprint density at radius 1 is 0.968 bits per heavy atom. The molecular weight excluding hydrogens is 388 g/mol.